The van der Waals surface area contributed by atoms with Crippen molar-refractivity contribution in [1.82, 2.24) is 19.9 Å². The lowest BCUT2D eigenvalue weighted by Gasteiger charge is -2.23. The van der Waals surface area contributed by atoms with E-state index >= 15 is 0 Å². The van der Waals surface area contributed by atoms with E-state index in [-0.39, 0.29) is 11.9 Å². The number of benzene rings is 1. The maximum atomic E-state index is 11.4. The summed E-state index contributed by atoms with van der Waals surface area (Å²) in [6.07, 6.45) is 4.47. The van der Waals surface area contributed by atoms with Crippen LogP contribution in [-0.2, 0) is 0 Å². The number of nitrogens with zero attached hydrogens (tertiary/aromatic N) is 5. The third kappa shape index (κ3) is 2.30. The second kappa shape index (κ2) is 5.58. The first kappa shape index (κ1) is 14.1. The molecule has 1 aromatic carbocycles. The van der Waals surface area contributed by atoms with E-state index in [2.05, 4.69) is 25.3 Å². The van der Waals surface area contributed by atoms with E-state index in [9.17, 15) is 4.79 Å². The Morgan fingerprint density at radius 1 is 1.04 bits per heavy atom. The average Bonchev–Trinajstić information content (AvgIpc) is 3.02. The third-order valence-electron chi connectivity index (χ3n) is 3.66. The van der Waals surface area contributed by atoms with Crippen LogP contribution in [0.25, 0.3) is 0 Å². The quantitative estimate of drug-likeness (QED) is 0.755. The van der Waals surface area contributed by atoms with Gasteiger partial charge in [-0.1, -0.05) is 12.1 Å². The molecule has 0 saturated carbocycles. The van der Waals surface area contributed by atoms with Crippen molar-refractivity contribution in [2.24, 2.45) is 5.73 Å². The van der Waals surface area contributed by atoms with Crippen molar-refractivity contribution in [3.63, 3.8) is 0 Å². The lowest BCUT2D eigenvalue weighted by molar-refractivity contribution is 0.0995. The average molecular weight is 319 g/mol. The number of anilines is 3. The van der Waals surface area contributed by atoms with Crippen LogP contribution in [0.2, 0.25) is 0 Å². The highest BCUT2D eigenvalue weighted by atomic mass is 16.1. The zero-order valence-corrected chi connectivity index (χ0v) is 12.5. The molecule has 0 spiro atoms. The molecule has 0 saturated heterocycles. The third-order valence-corrected chi connectivity index (χ3v) is 3.66. The standard InChI is InChI=1S/C16H13N7O/c17-13(24)11-6-9-20-16(22-11)23-12-5-2-1-4-10(12)21-15(23)14-18-7-3-8-19-14/h1-9,15,21H,(H2,17,24). The van der Waals surface area contributed by atoms with Crippen LogP contribution in [0.15, 0.2) is 55.0 Å². The molecule has 0 aliphatic carbocycles. The molecule has 1 aliphatic rings. The number of primary amides is 1. The molecule has 118 valence electrons. The van der Waals surface area contributed by atoms with Crippen molar-refractivity contribution < 1.29 is 4.79 Å². The van der Waals surface area contributed by atoms with Crippen LogP contribution in [-0.4, -0.2) is 25.8 Å². The van der Waals surface area contributed by atoms with Gasteiger partial charge in [0.1, 0.15) is 5.69 Å². The number of fused-ring (bicyclic) bond motifs is 1. The zero-order chi connectivity index (χ0) is 16.5. The number of carbonyl (C=O) groups is 1. The number of aromatic nitrogens is 4. The molecule has 3 N–H and O–H groups in total. The number of rotatable bonds is 3. The smallest absolute Gasteiger partial charge is 0.267 e. The molecular formula is C16H13N7O. The van der Waals surface area contributed by atoms with Crippen LogP contribution >= 0.6 is 0 Å². The number of hydrogen-bond donors (Lipinski definition) is 2. The Morgan fingerprint density at radius 2 is 1.83 bits per heavy atom. The van der Waals surface area contributed by atoms with E-state index in [0.29, 0.717) is 11.8 Å². The largest absolute Gasteiger partial charge is 0.364 e. The molecule has 8 nitrogen and oxygen atoms in total. The van der Waals surface area contributed by atoms with Crippen molar-refractivity contribution in [1.29, 1.82) is 0 Å². The van der Waals surface area contributed by atoms with Gasteiger partial charge in [-0.2, -0.15) is 0 Å². The fourth-order valence-electron chi connectivity index (χ4n) is 2.61. The maximum absolute atomic E-state index is 11.4. The Kier molecular flexibility index (Phi) is 3.27. The first-order chi connectivity index (χ1) is 11.7. The molecule has 24 heavy (non-hydrogen) atoms. The van der Waals surface area contributed by atoms with Crippen molar-refractivity contribution >= 4 is 23.2 Å². The monoisotopic (exact) mass is 319 g/mol. The Labute approximate surface area is 137 Å². The van der Waals surface area contributed by atoms with Crippen LogP contribution < -0.4 is 16.0 Å². The lowest BCUT2D eigenvalue weighted by Crippen LogP contribution is -2.27. The molecule has 2 aromatic heterocycles. The molecule has 1 unspecified atom stereocenters. The molecule has 3 heterocycles. The molecule has 1 aliphatic heterocycles. The Bertz CT molecular complexity index is 900. The van der Waals surface area contributed by atoms with Crippen molar-refractivity contribution in [3.8, 4) is 0 Å². The lowest BCUT2D eigenvalue weighted by atomic mass is 10.3. The van der Waals surface area contributed by atoms with Crippen LogP contribution in [0.3, 0.4) is 0 Å². The number of nitrogens with one attached hydrogen (secondary N) is 1. The number of carbonyl (C=O) groups excluding carboxylic acids is 1. The Balaban J connectivity index is 1.85. The molecule has 0 fully saturated rings. The summed E-state index contributed by atoms with van der Waals surface area (Å²) in [6.45, 7) is 0. The summed E-state index contributed by atoms with van der Waals surface area (Å²) in [5.41, 5.74) is 7.26. The topological polar surface area (TPSA) is 110 Å². The molecule has 3 aromatic rings. The molecule has 0 bridgehead atoms. The van der Waals surface area contributed by atoms with Gasteiger partial charge >= 0.3 is 0 Å². The normalized spacial score (nSPS) is 15.7. The van der Waals surface area contributed by atoms with Crippen LogP contribution in [0.1, 0.15) is 22.5 Å². The van der Waals surface area contributed by atoms with Crippen LogP contribution in [0.5, 0.6) is 0 Å². The minimum Gasteiger partial charge on any atom is -0.364 e. The second-order valence-corrected chi connectivity index (χ2v) is 5.15. The molecule has 0 radical (unpaired) electrons. The molecule has 8 heteroatoms. The second-order valence-electron chi connectivity index (χ2n) is 5.15. The van der Waals surface area contributed by atoms with Gasteiger partial charge in [-0.25, -0.2) is 19.9 Å². The van der Waals surface area contributed by atoms with Crippen molar-refractivity contribution in [2.75, 3.05) is 10.2 Å². The summed E-state index contributed by atoms with van der Waals surface area (Å²) >= 11 is 0. The highest BCUT2D eigenvalue weighted by molar-refractivity contribution is 5.91. The fourth-order valence-corrected chi connectivity index (χ4v) is 2.61. The van der Waals surface area contributed by atoms with Gasteiger partial charge < -0.3 is 11.1 Å². The summed E-state index contributed by atoms with van der Waals surface area (Å²) in [6, 6.07) is 11.0. The van der Waals surface area contributed by atoms with Gasteiger partial charge in [-0.05, 0) is 24.3 Å². The van der Waals surface area contributed by atoms with Gasteiger partial charge in [0.05, 0.1) is 11.4 Å². The maximum Gasteiger partial charge on any atom is 0.267 e. The molecule has 4 rings (SSSR count). The van der Waals surface area contributed by atoms with Gasteiger partial charge in [0, 0.05) is 18.6 Å². The Hall–Kier alpha value is -3.55. The van der Waals surface area contributed by atoms with Gasteiger partial charge in [0.25, 0.3) is 5.91 Å². The predicted molar refractivity (Wildman–Crippen MR) is 87.5 cm³/mol. The zero-order valence-electron chi connectivity index (χ0n) is 12.5. The van der Waals surface area contributed by atoms with E-state index in [1.165, 1.54) is 12.3 Å². The van der Waals surface area contributed by atoms with Gasteiger partial charge in [-0.3, -0.25) is 9.69 Å². The van der Waals surface area contributed by atoms with Gasteiger partial charge in [0.15, 0.2) is 12.0 Å². The van der Waals surface area contributed by atoms with Crippen molar-refractivity contribution in [2.45, 2.75) is 6.17 Å². The Morgan fingerprint density at radius 3 is 2.62 bits per heavy atom. The van der Waals surface area contributed by atoms with Crippen LogP contribution in [0, 0.1) is 0 Å². The number of nitrogens with two attached hydrogens (primary N) is 1. The van der Waals surface area contributed by atoms with E-state index < -0.39 is 5.91 Å². The molecule has 1 atom stereocenters. The minimum atomic E-state index is -0.605. The first-order valence-electron chi connectivity index (χ1n) is 7.28. The number of amides is 1. The van der Waals surface area contributed by atoms with Crippen LogP contribution in [0.4, 0.5) is 17.3 Å². The first-order valence-corrected chi connectivity index (χ1v) is 7.28. The summed E-state index contributed by atoms with van der Waals surface area (Å²) < 4.78 is 0. The summed E-state index contributed by atoms with van der Waals surface area (Å²) in [7, 11) is 0. The van der Waals surface area contributed by atoms with Crippen molar-refractivity contribution in [3.05, 3.63) is 66.5 Å². The molecule has 1 amide bonds. The highest BCUT2D eigenvalue weighted by Gasteiger charge is 2.34. The van der Waals surface area contributed by atoms with Gasteiger partial charge in [0.2, 0.25) is 5.95 Å². The SMILES string of the molecule is NC(=O)c1ccnc(N2c3ccccc3NC2c2ncccn2)n1. The molecular weight excluding hydrogens is 306 g/mol. The van der Waals surface area contributed by atoms with E-state index in [1.807, 2.05) is 29.2 Å². The van der Waals surface area contributed by atoms with E-state index in [1.54, 1.807) is 18.5 Å². The van der Waals surface area contributed by atoms with Gasteiger partial charge in [-0.15, -0.1) is 0 Å². The van der Waals surface area contributed by atoms with E-state index in [4.69, 9.17) is 5.73 Å². The number of hydrogen-bond acceptors (Lipinski definition) is 7. The summed E-state index contributed by atoms with van der Waals surface area (Å²) in [4.78, 5) is 30.5. The summed E-state index contributed by atoms with van der Waals surface area (Å²) in [5, 5.41) is 3.35. The fraction of sp³-hybridized carbons (Fsp3) is 0.0625. The highest BCUT2D eigenvalue weighted by Crippen LogP contribution is 2.43. The predicted octanol–water partition coefficient (Wildman–Crippen LogP) is 1.63. The number of para-hydroxylation sites is 2. The van der Waals surface area contributed by atoms with E-state index in [0.717, 1.165) is 11.4 Å². The summed E-state index contributed by atoms with van der Waals surface area (Å²) in [5.74, 6) is 0.314. The minimum absolute atomic E-state index is 0.150.